The second-order valence-corrected chi connectivity index (χ2v) is 7.13. The van der Waals surface area contributed by atoms with E-state index in [2.05, 4.69) is 15.3 Å². The van der Waals surface area contributed by atoms with E-state index in [1.807, 2.05) is 54.3 Å². The number of rotatable bonds is 5. The van der Waals surface area contributed by atoms with Crippen molar-refractivity contribution in [2.45, 2.75) is 19.8 Å². The van der Waals surface area contributed by atoms with Gasteiger partial charge in [0.1, 0.15) is 0 Å². The molecule has 2 heterocycles. The molecule has 7 nitrogen and oxygen atoms in total. The van der Waals surface area contributed by atoms with E-state index < -0.39 is 0 Å². The number of nitrogens with zero attached hydrogens (tertiary/aromatic N) is 2. The van der Waals surface area contributed by atoms with E-state index in [-0.39, 0.29) is 17.9 Å². The highest BCUT2D eigenvalue weighted by atomic mass is 16.5. The zero-order valence-corrected chi connectivity index (χ0v) is 16.4. The number of morpholine rings is 1. The number of aromatic amines is 1. The Hall–Kier alpha value is -3.19. The standard InChI is InChI=1S/C22H24N4O3/c1-15-17(21(28)25-22(23-15)26-11-13-29-14-12-26)9-10-20(27)24-19-8-4-6-16-5-2-3-7-18(16)19/h2-8H,9-14H2,1H3,(H,24,27)(H,23,25,28). The number of fused-ring (bicyclic) bond motifs is 1. The largest absolute Gasteiger partial charge is 0.378 e. The van der Waals surface area contributed by atoms with Crippen LogP contribution < -0.4 is 15.8 Å². The number of carbonyl (C=O) groups excluding carboxylic acids is 1. The normalized spacial score (nSPS) is 14.2. The van der Waals surface area contributed by atoms with Gasteiger partial charge in [0.25, 0.3) is 5.56 Å². The summed E-state index contributed by atoms with van der Waals surface area (Å²) in [6.07, 6.45) is 0.555. The first kappa shape index (κ1) is 19.1. The Morgan fingerprint density at radius 2 is 1.93 bits per heavy atom. The van der Waals surface area contributed by atoms with Gasteiger partial charge < -0.3 is 15.0 Å². The fourth-order valence-electron chi connectivity index (χ4n) is 3.60. The minimum atomic E-state index is -0.183. The van der Waals surface area contributed by atoms with Crippen molar-refractivity contribution in [2.24, 2.45) is 0 Å². The molecule has 0 spiro atoms. The third-order valence-corrected chi connectivity index (χ3v) is 5.19. The van der Waals surface area contributed by atoms with Crippen molar-refractivity contribution in [2.75, 3.05) is 36.5 Å². The molecule has 0 bridgehead atoms. The third-order valence-electron chi connectivity index (χ3n) is 5.19. The lowest BCUT2D eigenvalue weighted by Crippen LogP contribution is -2.38. The molecule has 1 aromatic heterocycles. The topological polar surface area (TPSA) is 87.3 Å². The number of H-pyrrole nitrogens is 1. The average Bonchev–Trinajstić information content (AvgIpc) is 2.74. The maximum absolute atomic E-state index is 12.6. The first-order valence-electron chi connectivity index (χ1n) is 9.82. The van der Waals surface area contributed by atoms with Gasteiger partial charge in [0.2, 0.25) is 11.9 Å². The maximum atomic E-state index is 12.6. The predicted molar refractivity (Wildman–Crippen MR) is 114 cm³/mol. The van der Waals surface area contributed by atoms with Gasteiger partial charge >= 0.3 is 0 Å². The lowest BCUT2D eigenvalue weighted by Gasteiger charge is -2.27. The maximum Gasteiger partial charge on any atom is 0.255 e. The molecule has 2 N–H and O–H groups in total. The number of aromatic nitrogens is 2. The van der Waals surface area contributed by atoms with Gasteiger partial charge in [-0.25, -0.2) is 4.98 Å². The van der Waals surface area contributed by atoms with E-state index in [0.717, 1.165) is 16.5 Å². The van der Waals surface area contributed by atoms with Crippen LogP contribution in [0.25, 0.3) is 10.8 Å². The summed E-state index contributed by atoms with van der Waals surface area (Å²) < 4.78 is 5.34. The second-order valence-electron chi connectivity index (χ2n) is 7.13. The van der Waals surface area contributed by atoms with Crippen molar-refractivity contribution in [3.63, 3.8) is 0 Å². The summed E-state index contributed by atoms with van der Waals surface area (Å²) in [7, 11) is 0. The molecule has 1 aliphatic heterocycles. The van der Waals surface area contributed by atoms with Crippen LogP contribution in [0.4, 0.5) is 11.6 Å². The van der Waals surface area contributed by atoms with Gasteiger partial charge in [-0.3, -0.25) is 14.6 Å². The van der Waals surface area contributed by atoms with Crippen molar-refractivity contribution in [1.82, 2.24) is 9.97 Å². The van der Waals surface area contributed by atoms with Crippen LogP contribution in [0, 0.1) is 6.92 Å². The number of benzene rings is 2. The van der Waals surface area contributed by atoms with Crippen molar-refractivity contribution in [3.8, 4) is 0 Å². The average molecular weight is 392 g/mol. The van der Waals surface area contributed by atoms with Crippen LogP contribution in [0.1, 0.15) is 17.7 Å². The highest BCUT2D eigenvalue weighted by molar-refractivity contribution is 6.02. The number of anilines is 2. The van der Waals surface area contributed by atoms with Gasteiger partial charge in [0.05, 0.1) is 13.2 Å². The van der Waals surface area contributed by atoms with Crippen molar-refractivity contribution >= 4 is 28.3 Å². The molecule has 0 atom stereocenters. The highest BCUT2D eigenvalue weighted by Gasteiger charge is 2.17. The summed E-state index contributed by atoms with van der Waals surface area (Å²) in [5.74, 6) is 0.442. The minimum Gasteiger partial charge on any atom is -0.378 e. The molecule has 1 saturated heterocycles. The molecular weight excluding hydrogens is 368 g/mol. The van der Waals surface area contributed by atoms with Crippen LogP contribution in [0.15, 0.2) is 47.3 Å². The zero-order valence-electron chi connectivity index (χ0n) is 16.4. The fourth-order valence-corrected chi connectivity index (χ4v) is 3.60. The summed E-state index contributed by atoms with van der Waals surface area (Å²) in [5, 5.41) is 5.03. The van der Waals surface area contributed by atoms with Gasteiger partial charge in [-0.05, 0) is 24.8 Å². The smallest absolute Gasteiger partial charge is 0.255 e. The molecule has 150 valence electrons. The monoisotopic (exact) mass is 392 g/mol. The van der Waals surface area contributed by atoms with Crippen molar-refractivity contribution < 1.29 is 9.53 Å². The summed E-state index contributed by atoms with van der Waals surface area (Å²) >= 11 is 0. The Balaban J connectivity index is 1.44. The molecule has 2 aromatic carbocycles. The summed E-state index contributed by atoms with van der Waals surface area (Å²) in [4.78, 5) is 34.5. The van der Waals surface area contributed by atoms with Crippen LogP contribution in [-0.4, -0.2) is 42.2 Å². The van der Waals surface area contributed by atoms with E-state index in [1.165, 1.54) is 0 Å². The van der Waals surface area contributed by atoms with E-state index in [0.29, 0.717) is 49.9 Å². The van der Waals surface area contributed by atoms with Gasteiger partial charge in [0, 0.05) is 41.8 Å². The number of aryl methyl sites for hydroxylation is 1. The van der Waals surface area contributed by atoms with Crippen molar-refractivity contribution in [3.05, 3.63) is 64.1 Å². The van der Waals surface area contributed by atoms with Crippen LogP contribution in [0.2, 0.25) is 0 Å². The van der Waals surface area contributed by atoms with Crippen LogP contribution in [0.5, 0.6) is 0 Å². The molecule has 29 heavy (non-hydrogen) atoms. The lowest BCUT2D eigenvalue weighted by molar-refractivity contribution is -0.116. The van der Waals surface area contributed by atoms with Crippen LogP contribution in [0.3, 0.4) is 0 Å². The van der Waals surface area contributed by atoms with Crippen molar-refractivity contribution in [1.29, 1.82) is 0 Å². The Labute approximate surface area is 168 Å². The van der Waals surface area contributed by atoms with Gasteiger partial charge in [-0.15, -0.1) is 0 Å². The number of nitrogens with one attached hydrogen (secondary N) is 2. The highest BCUT2D eigenvalue weighted by Crippen LogP contribution is 2.23. The Bertz CT molecular complexity index is 1080. The summed E-state index contributed by atoms with van der Waals surface area (Å²) in [6.45, 7) is 4.47. The number of hydrogen-bond donors (Lipinski definition) is 2. The number of amides is 1. The predicted octanol–water partition coefficient (Wildman–Crippen LogP) is 2.64. The third kappa shape index (κ3) is 4.30. The Kier molecular flexibility index (Phi) is 5.57. The van der Waals surface area contributed by atoms with Gasteiger partial charge in [0.15, 0.2) is 0 Å². The molecule has 1 aliphatic rings. The van der Waals surface area contributed by atoms with E-state index >= 15 is 0 Å². The molecule has 1 fully saturated rings. The SMILES string of the molecule is Cc1nc(N2CCOCC2)[nH]c(=O)c1CCC(=O)Nc1cccc2ccccc12. The van der Waals surface area contributed by atoms with E-state index in [1.54, 1.807) is 0 Å². The minimum absolute atomic E-state index is 0.127. The van der Waals surface area contributed by atoms with E-state index in [9.17, 15) is 9.59 Å². The molecule has 4 rings (SSSR count). The van der Waals surface area contributed by atoms with Gasteiger partial charge in [-0.1, -0.05) is 36.4 Å². The summed E-state index contributed by atoms with van der Waals surface area (Å²) in [6, 6.07) is 13.7. The Morgan fingerprint density at radius 1 is 1.17 bits per heavy atom. The van der Waals surface area contributed by atoms with Crippen LogP contribution >= 0.6 is 0 Å². The number of ether oxygens (including phenoxy) is 1. The van der Waals surface area contributed by atoms with Crippen LogP contribution in [-0.2, 0) is 16.0 Å². The first-order valence-corrected chi connectivity index (χ1v) is 9.82. The van der Waals surface area contributed by atoms with E-state index in [4.69, 9.17) is 4.74 Å². The molecule has 0 unspecified atom stereocenters. The molecule has 0 saturated carbocycles. The molecule has 7 heteroatoms. The second kappa shape index (κ2) is 8.45. The zero-order chi connectivity index (χ0) is 20.2. The molecular formula is C22H24N4O3. The molecule has 3 aromatic rings. The Morgan fingerprint density at radius 3 is 2.72 bits per heavy atom. The molecule has 0 radical (unpaired) electrons. The fraction of sp³-hybridized carbons (Fsp3) is 0.318. The van der Waals surface area contributed by atoms with Gasteiger partial charge in [-0.2, -0.15) is 0 Å². The molecule has 0 aliphatic carbocycles. The number of carbonyl (C=O) groups is 1. The quantitative estimate of drug-likeness (QED) is 0.697. The lowest BCUT2D eigenvalue weighted by atomic mass is 10.1. The summed E-state index contributed by atoms with van der Waals surface area (Å²) in [5.41, 5.74) is 1.81. The number of hydrogen-bond acceptors (Lipinski definition) is 5. The molecule has 1 amide bonds. The first-order chi connectivity index (χ1) is 14.1.